The Labute approximate surface area is 174 Å². The number of imidazole rings is 1. The van der Waals surface area contributed by atoms with Crippen molar-refractivity contribution in [1.82, 2.24) is 20.4 Å². The van der Waals surface area contributed by atoms with E-state index in [4.69, 9.17) is 0 Å². The van der Waals surface area contributed by atoms with Gasteiger partial charge in [-0.25, -0.2) is 4.98 Å². The van der Waals surface area contributed by atoms with Gasteiger partial charge in [-0.05, 0) is 28.8 Å². The summed E-state index contributed by atoms with van der Waals surface area (Å²) in [5, 5.41) is 0. The first-order chi connectivity index (χ1) is 14.6. The third-order valence-corrected chi connectivity index (χ3v) is 4.97. The molecule has 0 aliphatic heterocycles. The van der Waals surface area contributed by atoms with Crippen molar-refractivity contribution in [3.05, 3.63) is 90.3 Å². The van der Waals surface area contributed by atoms with E-state index in [0.29, 0.717) is 5.82 Å². The maximum absolute atomic E-state index is 12.2. The van der Waals surface area contributed by atoms with E-state index in [1.165, 1.54) is 0 Å². The van der Waals surface area contributed by atoms with E-state index in [1.807, 2.05) is 90.5 Å². The van der Waals surface area contributed by atoms with E-state index in [9.17, 15) is 9.59 Å². The molecular formula is C24H22N4O2. The predicted octanol–water partition coefficient (Wildman–Crippen LogP) is 3.17. The molecular weight excluding hydrogens is 376 g/mol. The van der Waals surface area contributed by atoms with E-state index in [0.717, 1.165) is 27.7 Å². The number of benzene rings is 3. The normalized spacial score (nSPS) is 10.7. The van der Waals surface area contributed by atoms with Crippen LogP contribution in [0.5, 0.6) is 0 Å². The summed E-state index contributed by atoms with van der Waals surface area (Å²) in [6.45, 7) is 0. The van der Waals surface area contributed by atoms with Gasteiger partial charge in [-0.2, -0.15) is 0 Å². The standard InChI is InChI=1S/C24H22N4O2/c1-28-21-10-6-5-9-20(21)25-22(28)16-24(30)27-26-23(29)15-17-11-13-19(14-12-17)18-7-3-2-4-8-18/h2-14H,15-16H2,1H3,(H,26,29)(H,27,30). The van der Waals surface area contributed by atoms with Crippen molar-refractivity contribution >= 4 is 22.8 Å². The Morgan fingerprint density at radius 3 is 2.07 bits per heavy atom. The second-order valence-corrected chi connectivity index (χ2v) is 7.09. The lowest BCUT2D eigenvalue weighted by atomic mass is 10.0. The van der Waals surface area contributed by atoms with Crippen LogP contribution in [-0.4, -0.2) is 21.4 Å². The van der Waals surface area contributed by atoms with Gasteiger partial charge in [0, 0.05) is 7.05 Å². The molecule has 3 aromatic carbocycles. The minimum Gasteiger partial charge on any atom is -0.331 e. The highest BCUT2D eigenvalue weighted by Crippen LogP contribution is 2.19. The number of nitrogens with one attached hydrogen (secondary N) is 2. The minimum absolute atomic E-state index is 0.0806. The van der Waals surface area contributed by atoms with Crippen LogP contribution in [0.25, 0.3) is 22.2 Å². The molecule has 0 aliphatic rings. The van der Waals surface area contributed by atoms with Gasteiger partial charge in [0.15, 0.2) is 0 Å². The number of hydrazine groups is 1. The summed E-state index contributed by atoms with van der Waals surface area (Å²) in [6.07, 6.45) is 0.263. The van der Waals surface area contributed by atoms with Crippen LogP contribution in [0.4, 0.5) is 0 Å². The number of amides is 2. The summed E-state index contributed by atoms with van der Waals surface area (Å²) in [6, 6.07) is 25.6. The van der Waals surface area contributed by atoms with Crippen LogP contribution in [0.3, 0.4) is 0 Å². The number of hydrogen-bond acceptors (Lipinski definition) is 3. The molecule has 4 aromatic rings. The first kappa shape index (κ1) is 19.4. The number of nitrogens with zero attached hydrogens (tertiary/aromatic N) is 2. The van der Waals surface area contributed by atoms with Crippen molar-refractivity contribution in [1.29, 1.82) is 0 Å². The van der Waals surface area contributed by atoms with Crippen molar-refractivity contribution in [3.63, 3.8) is 0 Å². The third kappa shape index (κ3) is 4.38. The number of carbonyl (C=O) groups excluding carboxylic acids is 2. The summed E-state index contributed by atoms with van der Waals surface area (Å²) >= 11 is 0. The average Bonchev–Trinajstić information content (AvgIpc) is 3.09. The Hall–Kier alpha value is -3.93. The van der Waals surface area contributed by atoms with Crippen LogP contribution < -0.4 is 10.9 Å². The van der Waals surface area contributed by atoms with Crippen molar-refractivity contribution < 1.29 is 9.59 Å². The highest BCUT2D eigenvalue weighted by molar-refractivity contribution is 5.85. The Balaban J connectivity index is 1.30. The van der Waals surface area contributed by atoms with Gasteiger partial charge >= 0.3 is 0 Å². The quantitative estimate of drug-likeness (QED) is 0.507. The molecule has 0 bridgehead atoms. The Bertz CT molecular complexity index is 1180. The molecule has 6 nitrogen and oxygen atoms in total. The third-order valence-electron chi connectivity index (χ3n) is 4.97. The highest BCUT2D eigenvalue weighted by atomic mass is 16.2. The lowest BCUT2D eigenvalue weighted by Crippen LogP contribution is -2.43. The minimum atomic E-state index is -0.318. The molecule has 2 amide bonds. The number of rotatable bonds is 5. The van der Waals surface area contributed by atoms with E-state index < -0.39 is 0 Å². The fourth-order valence-corrected chi connectivity index (χ4v) is 3.36. The Kier molecular flexibility index (Phi) is 5.57. The zero-order valence-electron chi connectivity index (χ0n) is 16.6. The van der Waals surface area contributed by atoms with Gasteiger partial charge in [0.2, 0.25) is 11.8 Å². The van der Waals surface area contributed by atoms with Crippen molar-refractivity contribution in [2.45, 2.75) is 12.8 Å². The predicted molar refractivity (Wildman–Crippen MR) is 116 cm³/mol. The van der Waals surface area contributed by atoms with Gasteiger partial charge in [-0.15, -0.1) is 0 Å². The van der Waals surface area contributed by atoms with Crippen molar-refractivity contribution in [2.75, 3.05) is 0 Å². The average molecular weight is 398 g/mol. The molecule has 0 aliphatic carbocycles. The Morgan fingerprint density at radius 1 is 0.767 bits per heavy atom. The maximum atomic E-state index is 12.2. The number of para-hydroxylation sites is 2. The van der Waals surface area contributed by atoms with Crippen LogP contribution in [0.15, 0.2) is 78.9 Å². The summed E-state index contributed by atoms with van der Waals surface area (Å²) < 4.78 is 1.88. The second kappa shape index (κ2) is 8.61. The van der Waals surface area contributed by atoms with Gasteiger partial charge in [0.1, 0.15) is 5.82 Å². The van der Waals surface area contributed by atoms with Gasteiger partial charge in [-0.1, -0.05) is 66.7 Å². The van der Waals surface area contributed by atoms with Crippen molar-refractivity contribution in [3.8, 4) is 11.1 Å². The summed E-state index contributed by atoms with van der Waals surface area (Å²) in [7, 11) is 1.87. The zero-order valence-corrected chi connectivity index (χ0v) is 16.6. The lowest BCUT2D eigenvalue weighted by Gasteiger charge is -2.08. The lowest BCUT2D eigenvalue weighted by molar-refractivity contribution is -0.128. The van der Waals surface area contributed by atoms with Crippen molar-refractivity contribution in [2.24, 2.45) is 7.05 Å². The summed E-state index contributed by atoms with van der Waals surface area (Å²) in [5.74, 6) is 0.0430. The molecule has 1 aromatic heterocycles. The monoisotopic (exact) mass is 398 g/mol. The largest absolute Gasteiger partial charge is 0.331 e. The molecule has 0 atom stereocenters. The van der Waals surface area contributed by atoms with Crippen LogP contribution in [0, 0.1) is 0 Å². The molecule has 2 N–H and O–H groups in total. The molecule has 6 heteroatoms. The molecule has 150 valence electrons. The number of fused-ring (bicyclic) bond motifs is 1. The van der Waals surface area contributed by atoms with Crippen LogP contribution >= 0.6 is 0 Å². The van der Waals surface area contributed by atoms with Gasteiger partial charge in [0.05, 0.1) is 23.9 Å². The smallest absolute Gasteiger partial charge is 0.245 e. The number of hydrogen-bond donors (Lipinski definition) is 2. The van der Waals surface area contributed by atoms with E-state index in [2.05, 4.69) is 15.8 Å². The Morgan fingerprint density at radius 2 is 1.37 bits per heavy atom. The molecule has 1 heterocycles. The molecule has 4 rings (SSSR count). The van der Waals surface area contributed by atoms with Crippen LogP contribution in [0.1, 0.15) is 11.4 Å². The molecule has 0 saturated carbocycles. The summed E-state index contributed by atoms with van der Waals surface area (Å²) in [5.41, 5.74) is 9.84. The molecule has 0 unspecified atom stereocenters. The number of aromatic nitrogens is 2. The van der Waals surface area contributed by atoms with E-state index >= 15 is 0 Å². The molecule has 0 saturated heterocycles. The first-order valence-electron chi connectivity index (χ1n) is 9.72. The van der Waals surface area contributed by atoms with Gasteiger partial charge in [-0.3, -0.25) is 20.4 Å². The number of aryl methyl sites for hydroxylation is 1. The van der Waals surface area contributed by atoms with Gasteiger partial charge < -0.3 is 4.57 Å². The van der Waals surface area contributed by atoms with Crippen LogP contribution in [-0.2, 0) is 29.5 Å². The highest BCUT2D eigenvalue weighted by Gasteiger charge is 2.12. The molecule has 0 spiro atoms. The summed E-state index contributed by atoms with van der Waals surface area (Å²) in [4.78, 5) is 28.9. The molecule has 0 radical (unpaired) electrons. The molecule has 0 fully saturated rings. The fourth-order valence-electron chi connectivity index (χ4n) is 3.36. The topological polar surface area (TPSA) is 76.0 Å². The first-order valence-corrected chi connectivity index (χ1v) is 9.72. The molecule has 30 heavy (non-hydrogen) atoms. The van der Waals surface area contributed by atoms with E-state index in [1.54, 1.807) is 0 Å². The second-order valence-electron chi connectivity index (χ2n) is 7.09. The zero-order chi connectivity index (χ0) is 20.9. The maximum Gasteiger partial charge on any atom is 0.245 e. The van der Waals surface area contributed by atoms with E-state index in [-0.39, 0.29) is 24.7 Å². The SMILES string of the molecule is Cn1c(CC(=O)NNC(=O)Cc2ccc(-c3ccccc3)cc2)nc2ccccc21. The number of carbonyl (C=O) groups is 2. The fraction of sp³-hybridized carbons (Fsp3) is 0.125. The van der Waals surface area contributed by atoms with Gasteiger partial charge in [0.25, 0.3) is 0 Å². The van der Waals surface area contributed by atoms with Crippen LogP contribution in [0.2, 0.25) is 0 Å².